The molecule has 2 saturated heterocycles. The Bertz CT molecular complexity index is 1280. The van der Waals surface area contributed by atoms with Crippen LogP contribution in [0.3, 0.4) is 0 Å². The summed E-state index contributed by atoms with van der Waals surface area (Å²) in [6, 6.07) is 6.26. The number of halogens is 2. The van der Waals surface area contributed by atoms with Crippen LogP contribution in [-0.4, -0.2) is 73.0 Å². The normalized spacial score (nSPS) is 34.2. The summed E-state index contributed by atoms with van der Waals surface area (Å²) in [5.41, 5.74) is 1.16. The molecule has 4 aliphatic rings. The predicted octanol–water partition coefficient (Wildman–Crippen LogP) is 3.03. The average molecular weight is 563 g/mol. The van der Waals surface area contributed by atoms with Crippen LogP contribution >= 0.6 is 23.2 Å². The Hall–Kier alpha value is -2.91. The molecule has 0 bridgehead atoms. The molecule has 2 N–H and O–H groups in total. The number of fused-ring (bicyclic) bond motifs is 4. The van der Waals surface area contributed by atoms with Gasteiger partial charge >= 0.3 is 5.97 Å². The van der Waals surface area contributed by atoms with Gasteiger partial charge in [0.05, 0.1) is 11.8 Å². The largest absolute Gasteiger partial charge is 0.508 e. The number of rotatable bonds is 7. The van der Waals surface area contributed by atoms with E-state index >= 15 is 0 Å². The molecule has 1 aromatic rings. The third-order valence-electron chi connectivity index (χ3n) is 8.58. The number of aromatic hydroxyl groups is 1. The lowest BCUT2D eigenvalue weighted by atomic mass is 9.56. The minimum absolute atomic E-state index is 0.0259. The summed E-state index contributed by atoms with van der Waals surface area (Å²) in [5.74, 6) is -5.77. The number of nitrogens with zero attached hydrogens (tertiary/aromatic N) is 2. The van der Waals surface area contributed by atoms with Gasteiger partial charge in [-0.05, 0) is 49.3 Å². The van der Waals surface area contributed by atoms with E-state index in [-0.39, 0.29) is 43.4 Å². The molecule has 2 aliphatic heterocycles. The van der Waals surface area contributed by atoms with Gasteiger partial charge in [0.1, 0.15) is 5.75 Å². The number of unbranched alkanes of at least 4 members (excludes halogenated alkanes) is 2. The Morgan fingerprint density at radius 2 is 1.79 bits per heavy atom. The number of hydrogen-bond acceptors (Lipinski definition) is 6. The summed E-state index contributed by atoms with van der Waals surface area (Å²) in [7, 11) is 1.33. The SMILES string of the molecule is CN1C(=O)[C@]2(Cl)C[C@@H]3C(=CC[C@@H]4C(=O)N(CCCCCC(=O)O)C(=O)[C@@H]43)[C@H](c3cccc(O)c3)[C@]2(Cl)C1=O. The van der Waals surface area contributed by atoms with Crippen molar-refractivity contribution in [2.75, 3.05) is 13.6 Å². The quantitative estimate of drug-likeness (QED) is 0.226. The molecule has 3 fully saturated rings. The molecule has 9 nitrogen and oxygen atoms in total. The first-order valence-electron chi connectivity index (χ1n) is 12.7. The van der Waals surface area contributed by atoms with Crippen molar-refractivity contribution in [3.05, 3.63) is 41.5 Å². The molecule has 0 spiro atoms. The van der Waals surface area contributed by atoms with E-state index < -0.39 is 51.2 Å². The molecule has 6 atom stereocenters. The second-order valence-corrected chi connectivity index (χ2v) is 11.9. The van der Waals surface area contributed by atoms with Gasteiger partial charge in [0.25, 0.3) is 11.8 Å². The van der Waals surface area contributed by atoms with Crippen LogP contribution in [0.5, 0.6) is 5.75 Å². The topological polar surface area (TPSA) is 132 Å². The van der Waals surface area contributed by atoms with Crippen molar-refractivity contribution in [2.45, 2.75) is 54.2 Å². The smallest absolute Gasteiger partial charge is 0.303 e. The van der Waals surface area contributed by atoms with Crippen LogP contribution in [0.4, 0.5) is 0 Å². The molecule has 2 heterocycles. The summed E-state index contributed by atoms with van der Waals surface area (Å²) in [5, 5.41) is 19.0. The molecule has 0 radical (unpaired) electrons. The number of alkyl halides is 2. The second kappa shape index (κ2) is 9.38. The molecule has 11 heteroatoms. The van der Waals surface area contributed by atoms with E-state index in [2.05, 4.69) is 0 Å². The van der Waals surface area contributed by atoms with Crippen molar-refractivity contribution in [1.29, 1.82) is 0 Å². The van der Waals surface area contributed by atoms with Crippen LogP contribution in [0.2, 0.25) is 0 Å². The lowest BCUT2D eigenvalue weighted by Crippen LogP contribution is -2.60. The zero-order valence-electron chi connectivity index (χ0n) is 20.7. The minimum atomic E-state index is -1.88. The molecule has 0 unspecified atom stereocenters. The zero-order chi connectivity index (χ0) is 27.6. The van der Waals surface area contributed by atoms with Gasteiger partial charge in [0.15, 0.2) is 9.75 Å². The number of amides is 4. The number of carbonyl (C=O) groups excluding carboxylic acids is 4. The summed E-state index contributed by atoms with van der Waals surface area (Å²) in [6.45, 7) is 0.188. The van der Waals surface area contributed by atoms with Gasteiger partial charge in [-0.2, -0.15) is 0 Å². The van der Waals surface area contributed by atoms with E-state index in [1.807, 2.05) is 6.08 Å². The number of phenols is 1. The van der Waals surface area contributed by atoms with Gasteiger partial charge in [0.2, 0.25) is 11.8 Å². The van der Waals surface area contributed by atoms with Crippen LogP contribution in [0.25, 0.3) is 0 Å². The molecule has 1 saturated carbocycles. The van der Waals surface area contributed by atoms with Gasteiger partial charge in [0, 0.05) is 25.9 Å². The highest BCUT2D eigenvalue weighted by molar-refractivity contribution is 6.53. The van der Waals surface area contributed by atoms with Gasteiger partial charge in [-0.25, -0.2) is 0 Å². The fourth-order valence-corrected chi connectivity index (χ4v) is 7.85. The summed E-state index contributed by atoms with van der Waals surface area (Å²) >= 11 is 14.1. The van der Waals surface area contributed by atoms with Crippen LogP contribution in [0.1, 0.15) is 50.0 Å². The summed E-state index contributed by atoms with van der Waals surface area (Å²) < 4.78 is 0. The third kappa shape index (κ3) is 3.69. The van der Waals surface area contributed by atoms with Crippen molar-refractivity contribution in [3.63, 3.8) is 0 Å². The molecular weight excluding hydrogens is 535 g/mol. The highest BCUT2D eigenvalue weighted by Crippen LogP contribution is 2.65. The molecular formula is C27H28Cl2N2O7. The van der Waals surface area contributed by atoms with Crippen LogP contribution < -0.4 is 0 Å². The molecule has 0 aromatic heterocycles. The highest BCUT2D eigenvalue weighted by Gasteiger charge is 2.75. The fourth-order valence-electron chi connectivity index (χ4n) is 6.83. The molecule has 1 aromatic carbocycles. The van der Waals surface area contributed by atoms with Crippen molar-refractivity contribution in [1.82, 2.24) is 9.80 Å². The van der Waals surface area contributed by atoms with Gasteiger partial charge in [-0.3, -0.25) is 33.8 Å². The molecule has 38 heavy (non-hydrogen) atoms. The first kappa shape index (κ1) is 26.7. The van der Waals surface area contributed by atoms with E-state index in [0.29, 0.717) is 30.4 Å². The average Bonchev–Trinajstić information content (AvgIpc) is 3.18. The number of hydrogen-bond donors (Lipinski definition) is 2. The van der Waals surface area contributed by atoms with Gasteiger partial charge in [-0.15, -0.1) is 23.2 Å². The number of carboxylic acid groups (broad SMARTS) is 1. The fraction of sp³-hybridized carbons (Fsp3) is 0.519. The first-order chi connectivity index (χ1) is 17.9. The van der Waals surface area contributed by atoms with Crippen molar-refractivity contribution >= 4 is 52.8 Å². The van der Waals surface area contributed by atoms with E-state index in [4.69, 9.17) is 28.3 Å². The van der Waals surface area contributed by atoms with E-state index in [0.717, 1.165) is 4.90 Å². The Morgan fingerprint density at radius 3 is 2.47 bits per heavy atom. The first-order valence-corrected chi connectivity index (χ1v) is 13.5. The lowest BCUT2D eigenvalue weighted by Gasteiger charge is -2.50. The van der Waals surface area contributed by atoms with E-state index in [1.165, 1.54) is 24.1 Å². The van der Waals surface area contributed by atoms with Crippen LogP contribution in [0, 0.1) is 17.8 Å². The molecule has 202 valence electrons. The monoisotopic (exact) mass is 562 g/mol. The van der Waals surface area contributed by atoms with Gasteiger partial charge < -0.3 is 10.2 Å². The van der Waals surface area contributed by atoms with E-state index in [1.54, 1.807) is 12.1 Å². The standard InChI is InChI=1S/C27H28Cl2N2O7/c1-30-24(37)26(28)13-18-16(21(27(26,29)25(30)38)14-6-5-7-15(32)12-14)9-10-17-20(18)23(36)31(22(17)35)11-4-2-3-8-19(33)34/h5-7,9,12,17-18,20-21,32H,2-4,8,10-11,13H2,1H3,(H,33,34)/t17-,18+,20-,21-,26+,27-/m0/s1. The third-order valence-corrected chi connectivity index (χ3v) is 9.99. The Kier molecular flexibility index (Phi) is 6.59. The number of likely N-dealkylation sites (tertiary alicyclic amines) is 2. The highest BCUT2D eigenvalue weighted by atomic mass is 35.5. The van der Waals surface area contributed by atoms with Crippen molar-refractivity contribution < 1.29 is 34.2 Å². The number of carbonyl (C=O) groups is 5. The summed E-state index contributed by atoms with van der Waals surface area (Å²) in [6.07, 6.45) is 3.56. The number of benzene rings is 1. The molecule has 2 aliphatic carbocycles. The lowest BCUT2D eigenvalue weighted by molar-refractivity contribution is -0.141. The van der Waals surface area contributed by atoms with Crippen LogP contribution in [0.15, 0.2) is 35.9 Å². The Morgan fingerprint density at radius 1 is 1.05 bits per heavy atom. The van der Waals surface area contributed by atoms with Crippen LogP contribution in [-0.2, 0) is 24.0 Å². The number of allylic oxidation sites excluding steroid dienone is 2. The second-order valence-electron chi connectivity index (χ2n) is 10.6. The van der Waals surface area contributed by atoms with Crippen molar-refractivity contribution in [3.8, 4) is 5.75 Å². The minimum Gasteiger partial charge on any atom is -0.508 e. The number of aliphatic carboxylic acids is 1. The van der Waals surface area contributed by atoms with Crippen molar-refractivity contribution in [2.24, 2.45) is 17.8 Å². The molecule has 4 amide bonds. The summed E-state index contributed by atoms with van der Waals surface area (Å²) in [4.78, 5) is 63.0. The zero-order valence-corrected chi connectivity index (χ0v) is 22.2. The number of carboxylic acids is 1. The Labute approximate surface area is 229 Å². The van der Waals surface area contributed by atoms with E-state index in [9.17, 15) is 29.1 Å². The maximum absolute atomic E-state index is 13.7. The Balaban J connectivity index is 1.52. The maximum Gasteiger partial charge on any atom is 0.303 e. The molecule has 5 rings (SSSR count). The number of phenolic OH excluding ortho intramolecular Hbond substituents is 1. The maximum atomic E-state index is 13.7. The van der Waals surface area contributed by atoms with Gasteiger partial charge in [-0.1, -0.05) is 30.2 Å². The predicted molar refractivity (Wildman–Crippen MR) is 136 cm³/mol. The number of imide groups is 2.